The van der Waals surface area contributed by atoms with Crippen molar-refractivity contribution in [3.8, 4) is 0 Å². The smallest absolute Gasteiger partial charge is 0.293 e. The standard InChI is InChI=1S/C27H31N3O5/c1-29(24-13-8-16-35-24)27(34)25(32)22(17-19-9-4-2-5-10-19)30(18-20-11-6-3-7-12-20)26(33)21-14-15-23(31)28-21/h2-7,9-12,21-22,24H,8,13-18H2,1H3,(H,28,31)/t21?,22?,24-/m0/s1. The molecule has 8 heteroatoms. The predicted octanol–water partition coefficient (Wildman–Crippen LogP) is 2.07. The van der Waals surface area contributed by atoms with Crippen molar-refractivity contribution in [2.75, 3.05) is 13.7 Å². The summed E-state index contributed by atoms with van der Waals surface area (Å²) in [7, 11) is 1.57. The van der Waals surface area contributed by atoms with E-state index in [0.29, 0.717) is 19.4 Å². The third-order valence-electron chi connectivity index (χ3n) is 6.59. The molecule has 3 amide bonds. The number of likely N-dealkylation sites (N-methyl/N-ethyl adjacent to an activating group) is 1. The van der Waals surface area contributed by atoms with E-state index in [9.17, 15) is 19.2 Å². The van der Waals surface area contributed by atoms with Crippen LogP contribution in [0.4, 0.5) is 0 Å². The van der Waals surface area contributed by atoms with Gasteiger partial charge in [-0.1, -0.05) is 60.7 Å². The number of nitrogens with one attached hydrogen (secondary N) is 1. The molecule has 2 fully saturated rings. The molecule has 2 aromatic rings. The minimum Gasteiger partial charge on any atom is -0.358 e. The van der Waals surface area contributed by atoms with Crippen molar-refractivity contribution in [3.05, 3.63) is 71.8 Å². The second-order valence-electron chi connectivity index (χ2n) is 9.06. The molecule has 3 atom stereocenters. The third-order valence-corrected chi connectivity index (χ3v) is 6.59. The Morgan fingerprint density at radius 2 is 1.66 bits per heavy atom. The second kappa shape index (κ2) is 11.3. The van der Waals surface area contributed by atoms with E-state index >= 15 is 0 Å². The van der Waals surface area contributed by atoms with Gasteiger partial charge < -0.3 is 19.9 Å². The highest BCUT2D eigenvalue weighted by Gasteiger charge is 2.40. The number of carbonyl (C=O) groups is 4. The number of carbonyl (C=O) groups excluding carboxylic acids is 4. The first-order valence-corrected chi connectivity index (χ1v) is 12.0. The van der Waals surface area contributed by atoms with Crippen molar-refractivity contribution in [1.82, 2.24) is 15.1 Å². The fraction of sp³-hybridized carbons (Fsp3) is 0.407. The normalized spacial score (nSPS) is 20.2. The molecular formula is C27H31N3O5. The largest absolute Gasteiger partial charge is 0.358 e. The quantitative estimate of drug-likeness (QED) is 0.558. The number of hydrogen-bond acceptors (Lipinski definition) is 5. The van der Waals surface area contributed by atoms with E-state index in [1.54, 1.807) is 7.05 Å². The molecule has 0 bridgehead atoms. The molecule has 0 aliphatic carbocycles. The highest BCUT2D eigenvalue weighted by molar-refractivity contribution is 6.38. The lowest BCUT2D eigenvalue weighted by Gasteiger charge is -2.34. The van der Waals surface area contributed by atoms with E-state index in [0.717, 1.165) is 17.5 Å². The van der Waals surface area contributed by atoms with Crippen LogP contribution in [0.1, 0.15) is 36.8 Å². The van der Waals surface area contributed by atoms with Gasteiger partial charge in [-0.05, 0) is 30.4 Å². The average molecular weight is 478 g/mol. The fourth-order valence-corrected chi connectivity index (χ4v) is 4.62. The highest BCUT2D eigenvalue weighted by atomic mass is 16.5. The zero-order valence-corrected chi connectivity index (χ0v) is 19.9. The molecule has 35 heavy (non-hydrogen) atoms. The topological polar surface area (TPSA) is 96.0 Å². The number of nitrogens with zero attached hydrogens (tertiary/aromatic N) is 2. The first-order valence-electron chi connectivity index (χ1n) is 12.0. The van der Waals surface area contributed by atoms with Gasteiger partial charge in [0.1, 0.15) is 18.3 Å². The van der Waals surface area contributed by atoms with Crippen LogP contribution >= 0.6 is 0 Å². The van der Waals surface area contributed by atoms with Crippen LogP contribution in [0.3, 0.4) is 0 Å². The van der Waals surface area contributed by atoms with Gasteiger partial charge in [0.05, 0.1) is 0 Å². The predicted molar refractivity (Wildman–Crippen MR) is 129 cm³/mol. The second-order valence-corrected chi connectivity index (χ2v) is 9.06. The molecule has 184 valence electrons. The lowest BCUT2D eigenvalue weighted by atomic mass is 9.97. The lowest BCUT2D eigenvalue weighted by Crippen LogP contribution is -2.55. The van der Waals surface area contributed by atoms with Gasteiger partial charge in [-0.3, -0.25) is 19.2 Å². The summed E-state index contributed by atoms with van der Waals surface area (Å²) < 4.78 is 5.61. The van der Waals surface area contributed by atoms with Crippen LogP contribution in [0.2, 0.25) is 0 Å². The number of hydrogen-bond donors (Lipinski definition) is 1. The maximum atomic E-state index is 13.7. The third kappa shape index (κ3) is 5.95. The van der Waals surface area contributed by atoms with Crippen LogP contribution in [0, 0.1) is 0 Å². The molecule has 8 nitrogen and oxygen atoms in total. The van der Waals surface area contributed by atoms with Gasteiger partial charge in [0.2, 0.25) is 17.6 Å². The first-order chi connectivity index (χ1) is 16.9. The van der Waals surface area contributed by atoms with Gasteiger partial charge in [0, 0.05) is 33.0 Å². The summed E-state index contributed by atoms with van der Waals surface area (Å²) in [4.78, 5) is 55.4. The van der Waals surface area contributed by atoms with Gasteiger partial charge >= 0.3 is 0 Å². The Morgan fingerprint density at radius 3 is 2.23 bits per heavy atom. The molecule has 0 radical (unpaired) electrons. The molecule has 1 N–H and O–H groups in total. The van der Waals surface area contributed by atoms with E-state index < -0.39 is 30.0 Å². The molecule has 2 heterocycles. The zero-order valence-electron chi connectivity index (χ0n) is 19.9. The number of amides is 3. The Morgan fingerprint density at radius 1 is 1.00 bits per heavy atom. The van der Waals surface area contributed by atoms with E-state index in [1.807, 2.05) is 60.7 Å². The van der Waals surface area contributed by atoms with Crippen molar-refractivity contribution >= 4 is 23.5 Å². The van der Waals surface area contributed by atoms with Crippen molar-refractivity contribution in [3.63, 3.8) is 0 Å². The van der Waals surface area contributed by atoms with Crippen molar-refractivity contribution in [2.45, 2.75) is 57.0 Å². The van der Waals surface area contributed by atoms with Crippen LogP contribution in [-0.4, -0.2) is 65.3 Å². The maximum Gasteiger partial charge on any atom is 0.293 e. The summed E-state index contributed by atoms with van der Waals surface area (Å²) in [6.07, 6.45) is 1.84. The van der Waals surface area contributed by atoms with Gasteiger partial charge in [0.15, 0.2) is 0 Å². The number of ketones is 1. The Labute approximate surface area is 205 Å². The molecule has 2 aromatic carbocycles. The molecule has 2 aliphatic heterocycles. The fourth-order valence-electron chi connectivity index (χ4n) is 4.62. The summed E-state index contributed by atoms with van der Waals surface area (Å²) in [6.45, 7) is 0.691. The van der Waals surface area contributed by atoms with Crippen LogP contribution < -0.4 is 5.32 Å². The number of Topliss-reactive ketones (excluding diaryl/α,β-unsaturated/α-hetero) is 1. The zero-order chi connectivity index (χ0) is 24.8. The maximum absolute atomic E-state index is 13.7. The van der Waals surface area contributed by atoms with E-state index in [4.69, 9.17) is 4.74 Å². The van der Waals surface area contributed by atoms with Crippen LogP contribution in [0.25, 0.3) is 0 Å². The molecule has 0 aromatic heterocycles. The minimum atomic E-state index is -1.03. The van der Waals surface area contributed by atoms with Crippen LogP contribution in [0.15, 0.2) is 60.7 Å². The summed E-state index contributed by atoms with van der Waals surface area (Å²) in [6, 6.07) is 16.9. The molecule has 2 saturated heterocycles. The van der Waals surface area contributed by atoms with Gasteiger partial charge in [0.25, 0.3) is 5.91 Å². The van der Waals surface area contributed by atoms with Gasteiger partial charge in [-0.2, -0.15) is 0 Å². The molecule has 2 unspecified atom stereocenters. The van der Waals surface area contributed by atoms with Crippen molar-refractivity contribution in [2.24, 2.45) is 0 Å². The number of ether oxygens (including phenoxy) is 1. The summed E-state index contributed by atoms with van der Waals surface area (Å²) >= 11 is 0. The van der Waals surface area contributed by atoms with Gasteiger partial charge in [-0.25, -0.2) is 0 Å². The molecule has 2 aliphatic rings. The van der Waals surface area contributed by atoms with E-state index in [2.05, 4.69) is 5.32 Å². The summed E-state index contributed by atoms with van der Waals surface area (Å²) in [5, 5.41) is 2.72. The SMILES string of the molecule is CN(C(=O)C(=O)C(Cc1ccccc1)N(Cc1ccccc1)C(=O)C1CCC(=O)N1)[C@@H]1CCCO1. The van der Waals surface area contributed by atoms with Crippen LogP contribution in [-0.2, 0) is 36.9 Å². The van der Waals surface area contributed by atoms with E-state index in [-0.39, 0.29) is 31.2 Å². The average Bonchev–Trinajstić information content (AvgIpc) is 3.58. The number of benzene rings is 2. The molecular weight excluding hydrogens is 446 g/mol. The Balaban J connectivity index is 1.67. The molecule has 0 saturated carbocycles. The molecule has 0 spiro atoms. The van der Waals surface area contributed by atoms with Crippen LogP contribution in [0.5, 0.6) is 0 Å². The first kappa shape index (κ1) is 24.6. The van der Waals surface area contributed by atoms with Gasteiger partial charge in [-0.15, -0.1) is 0 Å². The Hall–Kier alpha value is -3.52. The lowest BCUT2D eigenvalue weighted by molar-refractivity contribution is -0.155. The highest BCUT2D eigenvalue weighted by Crippen LogP contribution is 2.21. The van der Waals surface area contributed by atoms with Crippen molar-refractivity contribution in [1.29, 1.82) is 0 Å². The monoisotopic (exact) mass is 477 g/mol. The minimum absolute atomic E-state index is 0.145. The Bertz CT molecular complexity index is 1050. The Kier molecular flexibility index (Phi) is 7.92. The number of rotatable bonds is 9. The summed E-state index contributed by atoms with van der Waals surface area (Å²) in [5.74, 6) is -1.90. The molecule has 4 rings (SSSR count). The summed E-state index contributed by atoms with van der Waals surface area (Å²) in [5.41, 5.74) is 1.66. The van der Waals surface area contributed by atoms with E-state index in [1.165, 1.54) is 9.80 Å². The van der Waals surface area contributed by atoms with Crippen molar-refractivity contribution < 1.29 is 23.9 Å².